The summed E-state index contributed by atoms with van der Waals surface area (Å²) in [5, 5.41) is 14.6. The molecule has 0 radical (unpaired) electrons. The van der Waals surface area contributed by atoms with Crippen LogP contribution in [0.25, 0.3) is 56.8 Å². The molecule has 0 aliphatic carbocycles. The van der Waals surface area contributed by atoms with Crippen LogP contribution in [-0.2, 0) is 51.8 Å². The minimum atomic E-state index is -1.47. The third-order valence-corrected chi connectivity index (χ3v) is 28.4. The van der Waals surface area contributed by atoms with Gasteiger partial charge in [-0.2, -0.15) is 11.1 Å². The molecule has 0 atom stereocenters. The first-order valence-corrected chi connectivity index (χ1v) is 35.2. The number of hydrogen-bond acceptors (Lipinski definition) is 1. The predicted molar refractivity (Wildman–Crippen MR) is 341 cm³/mol. The number of rotatable bonds is 9. The number of aryl methyl sites for hydroxylation is 1. The van der Waals surface area contributed by atoms with Crippen LogP contribution in [0.5, 0.6) is 0 Å². The van der Waals surface area contributed by atoms with Crippen molar-refractivity contribution >= 4 is 108 Å². The molecule has 2 nitrogen and oxygen atoms in total. The summed E-state index contributed by atoms with van der Waals surface area (Å²) in [7, 11) is -3.48. The smallest absolute Gasteiger partial charge is 0.327 e. The van der Waals surface area contributed by atoms with E-state index >= 15 is 0 Å². The monoisotopic (exact) mass is 1440 g/mol. The van der Waals surface area contributed by atoms with Gasteiger partial charge in [-0.05, 0) is 91.5 Å². The Labute approximate surface area is 497 Å². The van der Waals surface area contributed by atoms with E-state index in [1.165, 1.54) is 70.0 Å². The van der Waals surface area contributed by atoms with E-state index in [2.05, 4.69) is 287 Å². The van der Waals surface area contributed by atoms with Crippen LogP contribution in [0.4, 0.5) is 0 Å². The molecular formula is C70H62Au2N2P2Si2+2. The molecule has 8 heteroatoms. The van der Waals surface area contributed by atoms with Gasteiger partial charge < -0.3 is 4.57 Å². The van der Waals surface area contributed by atoms with Gasteiger partial charge in [-0.3, -0.25) is 13.2 Å². The standard InChI is InChI=1S/C38H30N2P2.2C16H15Si.2Au/c1-40-35-28-37(42(32-23-13-5-14-24-32)33-25-15-6-16-26-33)36(27-34(35)39-38(40)29-17-7-2-8-18-29)41(30-19-9-3-10-20-30)31-21-11-4-12-22-31;2*1-4-12-9-10-16-14(11-12)13-7-5-6-8-15(13)17(16,2)3;;/h2-28H,1H3;2*1,4-11H,2-3H3;;/q;2*-1;2*+1/p+2. The number of fused-ring (bicyclic) bond motifs is 7. The molecule has 10 aromatic carbocycles. The van der Waals surface area contributed by atoms with Crippen molar-refractivity contribution in [3.05, 3.63) is 273 Å². The first-order valence-electron chi connectivity index (χ1n) is 26.2. The molecule has 0 bridgehead atoms. The van der Waals surface area contributed by atoms with E-state index in [-0.39, 0.29) is 44.8 Å². The fourth-order valence-electron chi connectivity index (χ4n) is 11.6. The summed E-state index contributed by atoms with van der Waals surface area (Å²) in [6.07, 6.45) is 3.35. The Morgan fingerprint density at radius 3 is 1.10 bits per heavy atom. The Kier molecular flexibility index (Phi) is 17.8. The zero-order valence-corrected chi connectivity index (χ0v) is 52.8. The van der Waals surface area contributed by atoms with Crippen molar-refractivity contribution < 1.29 is 44.8 Å². The van der Waals surface area contributed by atoms with Gasteiger partial charge in [0.15, 0.2) is 0 Å². The van der Waals surface area contributed by atoms with E-state index in [0.717, 1.165) is 28.0 Å². The van der Waals surface area contributed by atoms with Gasteiger partial charge in [0.25, 0.3) is 0 Å². The van der Waals surface area contributed by atoms with Gasteiger partial charge in [-0.15, -0.1) is 24.3 Å². The van der Waals surface area contributed by atoms with Crippen LogP contribution >= 0.6 is 15.8 Å². The Morgan fingerprint density at radius 1 is 0.385 bits per heavy atom. The Morgan fingerprint density at radius 2 is 0.718 bits per heavy atom. The van der Waals surface area contributed by atoms with E-state index < -0.39 is 32.0 Å². The summed E-state index contributed by atoms with van der Waals surface area (Å²) >= 11 is 0. The molecule has 0 amide bonds. The second-order valence-electron chi connectivity index (χ2n) is 20.7. The fourth-order valence-corrected chi connectivity index (χ4v) is 23.7. The average molecular weight is 1440 g/mol. The molecule has 390 valence electrons. The summed E-state index contributed by atoms with van der Waals surface area (Å²) in [4.78, 5) is 5.25. The van der Waals surface area contributed by atoms with Gasteiger partial charge >= 0.3 is 44.8 Å². The second kappa shape index (κ2) is 24.5. The molecule has 0 fully saturated rings. The van der Waals surface area contributed by atoms with Gasteiger partial charge in [0.05, 0.1) is 11.0 Å². The van der Waals surface area contributed by atoms with Crippen molar-refractivity contribution in [3.63, 3.8) is 0 Å². The van der Waals surface area contributed by atoms with E-state index in [4.69, 9.17) is 18.1 Å². The minimum absolute atomic E-state index is 0. The molecule has 11 aromatic rings. The third-order valence-electron chi connectivity index (χ3n) is 15.4. The molecule has 13 rings (SSSR count). The molecule has 0 N–H and O–H groups in total. The van der Waals surface area contributed by atoms with Gasteiger partial charge in [-0.1, -0.05) is 190 Å². The van der Waals surface area contributed by atoms with E-state index in [1.807, 2.05) is 0 Å². The Bertz CT molecular complexity index is 3700. The van der Waals surface area contributed by atoms with E-state index in [0.29, 0.717) is 0 Å². The molecule has 0 spiro atoms. The van der Waals surface area contributed by atoms with Crippen molar-refractivity contribution in [3.8, 4) is 33.6 Å². The maximum absolute atomic E-state index is 5.62. The normalized spacial score (nSPS) is 12.8. The number of hydrogen-bond donors (Lipinski definition) is 0. The predicted octanol–water partition coefficient (Wildman–Crippen LogP) is 12.1. The minimum Gasteiger partial charge on any atom is -0.327 e. The summed E-state index contributed by atoms with van der Waals surface area (Å²) in [5.41, 5.74) is 11.1. The summed E-state index contributed by atoms with van der Waals surface area (Å²) < 4.78 is 2.27. The third kappa shape index (κ3) is 11.0. The number of aromatic nitrogens is 2. The molecule has 2 aliphatic heterocycles. The summed E-state index contributed by atoms with van der Waals surface area (Å²) in [6.45, 7) is 20.9. The van der Waals surface area contributed by atoms with Gasteiger partial charge in [0.2, 0.25) is 0 Å². The molecule has 78 heavy (non-hydrogen) atoms. The maximum Gasteiger partial charge on any atom is 1.00 e. The van der Waals surface area contributed by atoms with Crippen LogP contribution in [0.2, 0.25) is 26.2 Å². The van der Waals surface area contributed by atoms with Crippen LogP contribution in [0.15, 0.2) is 249 Å². The Balaban J connectivity index is 0.000000168. The second-order valence-corrected chi connectivity index (χ2v) is 34.3. The van der Waals surface area contributed by atoms with Crippen molar-refractivity contribution in [1.82, 2.24) is 9.55 Å². The largest absolute Gasteiger partial charge is 1.00 e. The maximum atomic E-state index is 5.62. The Hall–Kier alpha value is -6.08. The zero-order valence-electron chi connectivity index (χ0n) is 44.5. The van der Waals surface area contributed by atoms with Crippen LogP contribution in [0.3, 0.4) is 0 Å². The van der Waals surface area contributed by atoms with E-state index in [1.54, 1.807) is 22.5 Å². The fraction of sp³-hybridized carbons (Fsp3) is 0.0714. The molecule has 2 aliphatic rings. The van der Waals surface area contributed by atoms with Crippen molar-refractivity contribution in [2.24, 2.45) is 7.05 Å². The molecule has 0 saturated carbocycles. The topological polar surface area (TPSA) is 17.8 Å². The molecule has 1 aromatic heterocycles. The van der Waals surface area contributed by atoms with Crippen LogP contribution in [0, 0.1) is 13.2 Å². The number of imidazole rings is 1. The zero-order chi connectivity index (χ0) is 52.4. The van der Waals surface area contributed by atoms with Gasteiger partial charge in [0, 0.05) is 24.7 Å². The van der Waals surface area contributed by atoms with Gasteiger partial charge in [0.1, 0.15) is 69.6 Å². The average Bonchev–Trinajstić information content (AvgIpc) is 4.17. The number of benzene rings is 10. The summed E-state index contributed by atoms with van der Waals surface area (Å²) in [5.74, 6) is 0.995. The number of nitrogens with zero attached hydrogens (tertiary/aromatic N) is 2. The van der Waals surface area contributed by atoms with Crippen molar-refractivity contribution in [2.75, 3.05) is 0 Å². The first kappa shape index (κ1) is 56.6. The molecule has 0 unspecified atom stereocenters. The molecule has 0 saturated heterocycles. The SMILES string of the molecule is Cn1c(-c2ccccc2)nc2cc([PH+](c3ccccc3)c3ccccc3)c([PH+](c3ccccc3)c3ccccc3)cc21.[Au+].[Au+].[CH-]=Cc1ccc2c(c1)-c1ccccc1[Si]2(C)C.[CH-]=Cc1ccc2c(c1)-c1ccccc1[Si]2(C)C. The molecule has 3 heterocycles. The van der Waals surface area contributed by atoms with Crippen LogP contribution < -0.4 is 52.6 Å². The van der Waals surface area contributed by atoms with E-state index in [9.17, 15) is 0 Å². The van der Waals surface area contributed by atoms with Crippen LogP contribution in [0.1, 0.15) is 11.1 Å². The summed E-state index contributed by atoms with van der Waals surface area (Å²) in [6, 6.07) is 90.6. The van der Waals surface area contributed by atoms with Crippen molar-refractivity contribution in [1.29, 1.82) is 0 Å². The first-order chi connectivity index (χ1) is 37.1. The van der Waals surface area contributed by atoms with Crippen LogP contribution in [-0.4, -0.2) is 25.7 Å². The van der Waals surface area contributed by atoms with Crippen molar-refractivity contribution in [2.45, 2.75) is 26.2 Å². The van der Waals surface area contributed by atoms with Gasteiger partial charge in [-0.25, -0.2) is 17.1 Å². The quantitative estimate of drug-likeness (QED) is 0.0800. The molecular weight excluding hydrogens is 1380 g/mol.